The van der Waals surface area contributed by atoms with Crippen molar-refractivity contribution in [1.82, 2.24) is 5.32 Å². The lowest BCUT2D eigenvalue weighted by atomic mass is 10.1. The van der Waals surface area contributed by atoms with Gasteiger partial charge in [0.1, 0.15) is 6.61 Å². The lowest BCUT2D eigenvalue weighted by Crippen LogP contribution is -2.38. The van der Waals surface area contributed by atoms with Crippen molar-refractivity contribution in [3.05, 3.63) is 47.5 Å². The molecule has 37 heavy (non-hydrogen) atoms. The maximum Gasteiger partial charge on any atom is 0.407 e. The van der Waals surface area contributed by atoms with Gasteiger partial charge in [0, 0.05) is 0 Å². The molecule has 202 valence electrons. The fraction of sp³-hybridized carbons (Fsp3) is 0.423. The van der Waals surface area contributed by atoms with Crippen LogP contribution in [-0.2, 0) is 14.2 Å². The zero-order valence-electron chi connectivity index (χ0n) is 20.6. The Bertz CT molecular complexity index is 1060. The first-order chi connectivity index (χ1) is 17.7. The molecule has 11 heteroatoms. The van der Waals surface area contributed by atoms with E-state index in [2.05, 4.69) is 12.2 Å². The molecule has 0 bridgehead atoms. The molecule has 0 spiro atoms. The van der Waals surface area contributed by atoms with Crippen LogP contribution in [-0.4, -0.2) is 64.3 Å². The summed E-state index contributed by atoms with van der Waals surface area (Å²) in [6, 6.07) is 6.69. The molecule has 11 nitrogen and oxygen atoms in total. The van der Waals surface area contributed by atoms with E-state index < -0.39 is 53.7 Å². The summed E-state index contributed by atoms with van der Waals surface area (Å²) in [5.41, 5.74) is -0.143. The summed E-state index contributed by atoms with van der Waals surface area (Å²) in [5, 5.41) is 40.5. The SMILES string of the molecule is CCCCCCCCOC(=O)NCC(COC(=O)c1ccc(O)c(O)c1)OC(=O)c1ccc(O)c(O)c1. The molecule has 1 amide bonds. The number of esters is 2. The van der Waals surface area contributed by atoms with Crippen molar-refractivity contribution in [1.29, 1.82) is 0 Å². The van der Waals surface area contributed by atoms with Gasteiger partial charge in [-0.15, -0.1) is 0 Å². The Morgan fingerprint density at radius 2 is 1.32 bits per heavy atom. The summed E-state index contributed by atoms with van der Waals surface area (Å²) in [4.78, 5) is 36.9. The molecule has 0 saturated heterocycles. The first-order valence-corrected chi connectivity index (χ1v) is 12.0. The number of unbranched alkanes of at least 4 members (excludes halogenated alkanes) is 5. The molecule has 0 aliphatic carbocycles. The average Bonchev–Trinajstić information content (AvgIpc) is 2.88. The van der Waals surface area contributed by atoms with Crippen molar-refractivity contribution in [2.24, 2.45) is 0 Å². The van der Waals surface area contributed by atoms with E-state index in [1.165, 1.54) is 18.6 Å². The Labute approximate surface area is 214 Å². The minimum Gasteiger partial charge on any atom is -0.504 e. The van der Waals surface area contributed by atoms with Gasteiger partial charge in [-0.1, -0.05) is 39.0 Å². The van der Waals surface area contributed by atoms with Crippen LogP contribution < -0.4 is 5.32 Å². The van der Waals surface area contributed by atoms with Crippen LogP contribution in [0.3, 0.4) is 0 Å². The standard InChI is InChI=1S/C26H33NO10/c1-2-3-4-5-6-7-12-35-26(34)27-15-19(37-25(33)18-9-11-21(29)23(31)14-18)16-36-24(32)17-8-10-20(28)22(30)13-17/h8-11,13-14,19,28-31H,2-7,12,15-16H2,1H3,(H,27,34). The summed E-state index contributed by atoms with van der Waals surface area (Å²) < 4.78 is 15.6. The Hall–Kier alpha value is -4.15. The Morgan fingerprint density at radius 3 is 1.92 bits per heavy atom. The van der Waals surface area contributed by atoms with Crippen LogP contribution >= 0.6 is 0 Å². The van der Waals surface area contributed by atoms with Gasteiger partial charge in [-0.05, 0) is 42.8 Å². The number of nitrogens with one attached hydrogen (secondary N) is 1. The van der Waals surface area contributed by atoms with Crippen LogP contribution in [0, 0.1) is 0 Å². The molecule has 0 fully saturated rings. The fourth-order valence-corrected chi connectivity index (χ4v) is 3.20. The van der Waals surface area contributed by atoms with Gasteiger partial charge in [-0.2, -0.15) is 0 Å². The second-order valence-corrected chi connectivity index (χ2v) is 8.32. The van der Waals surface area contributed by atoms with Crippen molar-refractivity contribution < 1.29 is 49.0 Å². The van der Waals surface area contributed by atoms with Crippen LogP contribution in [0.5, 0.6) is 23.0 Å². The molecular weight excluding hydrogens is 486 g/mol. The van der Waals surface area contributed by atoms with E-state index in [1.54, 1.807) is 0 Å². The Balaban J connectivity index is 1.93. The van der Waals surface area contributed by atoms with Gasteiger partial charge in [0.05, 0.1) is 24.3 Å². The molecule has 0 radical (unpaired) electrons. The molecule has 1 unspecified atom stereocenters. The number of carbonyl (C=O) groups excluding carboxylic acids is 3. The van der Waals surface area contributed by atoms with Gasteiger partial charge in [-0.25, -0.2) is 14.4 Å². The van der Waals surface area contributed by atoms with Crippen LogP contribution in [0.1, 0.15) is 66.2 Å². The molecule has 1 atom stereocenters. The van der Waals surface area contributed by atoms with Crippen molar-refractivity contribution in [3.8, 4) is 23.0 Å². The Kier molecular flexibility index (Phi) is 11.8. The summed E-state index contributed by atoms with van der Waals surface area (Å²) in [7, 11) is 0. The van der Waals surface area contributed by atoms with Gasteiger partial charge in [0.25, 0.3) is 0 Å². The highest BCUT2D eigenvalue weighted by Gasteiger charge is 2.21. The third-order valence-corrected chi connectivity index (χ3v) is 5.30. The largest absolute Gasteiger partial charge is 0.504 e. The molecular formula is C26H33NO10. The number of phenolic OH excluding ortho intramolecular Hbond substituents is 4. The second kappa shape index (κ2) is 15.1. The highest BCUT2D eigenvalue weighted by molar-refractivity contribution is 5.91. The van der Waals surface area contributed by atoms with Gasteiger partial charge in [0.15, 0.2) is 29.1 Å². The summed E-state index contributed by atoms with van der Waals surface area (Å²) >= 11 is 0. The molecule has 0 aliphatic rings. The summed E-state index contributed by atoms with van der Waals surface area (Å²) in [6.07, 6.45) is 4.30. The van der Waals surface area contributed by atoms with Gasteiger partial charge < -0.3 is 40.0 Å². The smallest absolute Gasteiger partial charge is 0.407 e. The third kappa shape index (κ3) is 10.2. The second-order valence-electron chi connectivity index (χ2n) is 8.32. The molecule has 2 aromatic carbocycles. The monoisotopic (exact) mass is 519 g/mol. The van der Waals surface area contributed by atoms with E-state index in [-0.39, 0.29) is 24.3 Å². The fourth-order valence-electron chi connectivity index (χ4n) is 3.20. The lowest BCUT2D eigenvalue weighted by molar-refractivity contribution is -0.000331. The van der Waals surface area contributed by atoms with Crippen molar-refractivity contribution in [2.75, 3.05) is 19.8 Å². The first kappa shape index (κ1) is 29.1. The number of rotatable bonds is 14. The number of aromatic hydroxyl groups is 4. The van der Waals surface area contributed by atoms with Crippen LogP contribution in [0.2, 0.25) is 0 Å². The number of hydrogen-bond donors (Lipinski definition) is 5. The minimum absolute atomic E-state index is 0.0601. The van der Waals surface area contributed by atoms with Gasteiger partial charge in [-0.3, -0.25) is 0 Å². The predicted octanol–water partition coefficient (Wildman–Crippen LogP) is 3.98. The normalized spacial score (nSPS) is 11.4. The molecule has 2 aromatic rings. The summed E-state index contributed by atoms with van der Waals surface area (Å²) in [6.45, 7) is 1.65. The molecule has 0 aliphatic heterocycles. The molecule has 2 rings (SSSR count). The highest BCUT2D eigenvalue weighted by atomic mass is 16.6. The predicted molar refractivity (Wildman–Crippen MR) is 132 cm³/mol. The highest BCUT2D eigenvalue weighted by Crippen LogP contribution is 2.26. The third-order valence-electron chi connectivity index (χ3n) is 5.30. The van der Waals surface area contributed by atoms with Crippen LogP contribution in [0.15, 0.2) is 36.4 Å². The van der Waals surface area contributed by atoms with E-state index in [1.807, 2.05) is 0 Å². The molecule has 0 saturated carbocycles. The summed E-state index contributed by atoms with van der Waals surface area (Å²) in [5.74, 6) is -3.65. The van der Waals surface area contributed by atoms with Crippen LogP contribution in [0.4, 0.5) is 4.79 Å². The van der Waals surface area contributed by atoms with Gasteiger partial charge in [0.2, 0.25) is 0 Å². The number of phenols is 4. The zero-order valence-corrected chi connectivity index (χ0v) is 20.6. The maximum absolute atomic E-state index is 12.5. The number of hydrogen-bond acceptors (Lipinski definition) is 10. The van der Waals surface area contributed by atoms with E-state index in [4.69, 9.17) is 14.2 Å². The van der Waals surface area contributed by atoms with E-state index in [0.717, 1.165) is 56.4 Å². The van der Waals surface area contributed by atoms with Crippen molar-refractivity contribution in [2.45, 2.75) is 51.6 Å². The molecule has 5 N–H and O–H groups in total. The number of alkyl carbamates (subject to hydrolysis) is 1. The molecule has 0 aromatic heterocycles. The zero-order chi connectivity index (χ0) is 27.2. The quantitative estimate of drug-likeness (QED) is 0.106. The molecule has 0 heterocycles. The maximum atomic E-state index is 12.5. The number of ether oxygens (including phenoxy) is 3. The first-order valence-electron chi connectivity index (χ1n) is 12.0. The van der Waals surface area contributed by atoms with Crippen molar-refractivity contribution in [3.63, 3.8) is 0 Å². The topological polar surface area (TPSA) is 172 Å². The number of benzene rings is 2. The van der Waals surface area contributed by atoms with E-state index >= 15 is 0 Å². The average molecular weight is 520 g/mol. The Morgan fingerprint density at radius 1 is 0.757 bits per heavy atom. The number of amides is 1. The number of carbonyl (C=O) groups is 3. The lowest BCUT2D eigenvalue weighted by Gasteiger charge is -2.19. The minimum atomic E-state index is -1.14. The van der Waals surface area contributed by atoms with E-state index in [0.29, 0.717) is 0 Å². The van der Waals surface area contributed by atoms with Gasteiger partial charge >= 0.3 is 18.0 Å². The van der Waals surface area contributed by atoms with Crippen molar-refractivity contribution >= 4 is 18.0 Å². The van der Waals surface area contributed by atoms with E-state index in [9.17, 15) is 34.8 Å². The van der Waals surface area contributed by atoms with Crippen LogP contribution in [0.25, 0.3) is 0 Å².